The highest BCUT2D eigenvalue weighted by Gasteiger charge is 2.33. The highest BCUT2D eigenvalue weighted by molar-refractivity contribution is 5.86. The molecule has 0 heterocycles. The molecule has 0 saturated heterocycles. The minimum absolute atomic E-state index is 0.0624. The van der Waals surface area contributed by atoms with Crippen LogP contribution in [0.2, 0.25) is 0 Å². The van der Waals surface area contributed by atoms with E-state index in [0.29, 0.717) is 18.8 Å². The fourth-order valence-electron chi connectivity index (χ4n) is 6.12. The SMILES string of the molecule is C=C(C)C(=O)OCCCCCCCCCOC(=O)C1CCC(C2CCC(CCCCC)CC2)CC1. The van der Waals surface area contributed by atoms with Crippen molar-refractivity contribution in [3.8, 4) is 0 Å². The highest BCUT2D eigenvalue weighted by Crippen LogP contribution is 2.42. The lowest BCUT2D eigenvalue weighted by Crippen LogP contribution is -2.29. The van der Waals surface area contributed by atoms with Crippen molar-refractivity contribution in [2.45, 2.75) is 136 Å². The van der Waals surface area contributed by atoms with Crippen LogP contribution in [0.4, 0.5) is 0 Å². The molecular formula is C31H54O4. The predicted octanol–water partition coefficient (Wildman–Crippen LogP) is 8.57. The first-order valence-corrected chi connectivity index (χ1v) is 15.0. The molecule has 0 spiro atoms. The molecule has 35 heavy (non-hydrogen) atoms. The number of carbonyl (C=O) groups is 2. The quantitative estimate of drug-likeness (QED) is 0.116. The zero-order chi connectivity index (χ0) is 25.3. The highest BCUT2D eigenvalue weighted by atomic mass is 16.5. The Morgan fingerprint density at radius 2 is 1.20 bits per heavy atom. The molecule has 2 aliphatic carbocycles. The van der Waals surface area contributed by atoms with Gasteiger partial charge in [-0.3, -0.25) is 4.79 Å². The molecule has 2 fully saturated rings. The van der Waals surface area contributed by atoms with Gasteiger partial charge in [0.25, 0.3) is 0 Å². The van der Waals surface area contributed by atoms with Crippen LogP contribution in [0.1, 0.15) is 136 Å². The molecular weight excluding hydrogens is 436 g/mol. The van der Waals surface area contributed by atoms with E-state index in [4.69, 9.17) is 9.47 Å². The first-order valence-electron chi connectivity index (χ1n) is 15.0. The van der Waals surface area contributed by atoms with Gasteiger partial charge in [0, 0.05) is 5.57 Å². The lowest BCUT2D eigenvalue weighted by Gasteiger charge is -2.37. The van der Waals surface area contributed by atoms with Gasteiger partial charge >= 0.3 is 11.9 Å². The van der Waals surface area contributed by atoms with Crippen molar-refractivity contribution in [3.05, 3.63) is 12.2 Å². The lowest BCUT2D eigenvalue weighted by atomic mass is 9.68. The molecule has 4 heteroatoms. The Hall–Kier alpha value is -1.32. The van der Waals surface area contributed by atoms with Crippen LogP contribution >= 0.6 is 0 Å². The van der Waals surface area contributed by atoms with Crippen LogP contribution in [0.5, 0.6) is 0 Å². The maximum Gasteiger partial charge on any atom is 0.333 e. The summed E-state index contributed by atoms with van der Waals surface area (Å²) in [6, 6.07) is 0. The Labute approximate surface area is 216 Å². The second-order valence-corrected chi connectivity index (χ2v) is 11.4. The second-order valence-electron chi connectivity index (χ2n) is 11.4. The van der Waals surface area contributed by atoms with Crippen LogP contribution < -0.4 is 0 Å². The van der Waals surface area contributed by atoms with E-state index >= 15 is 0 Å². The molecule has 0 radical (unpaired) electrons. The van der Waals surface area contributed by atoms with E-state index in [2.05, 4.69) is 13.5 Å². The summed E-state index contributed by atoms with van der Waals surface area (Å²) in [4.78, 5) is 23.8. The van der Waals surface area contributed by atoms with Crippen molar-refractivity contribution in [1.29, 1.82) is 0 Å². The minimum atomic E-state index is -0.289. The maximum absolute atomic E-state index is 12.5. The zero-order valence-electron chi connectivity index (χ0n) is 23.0. The first kappa shape index (κ1) is 29.9. The lowest BCUT2D eigenvalue weighted by molar-refractivity contribution is -0.150. The summed E-state index contributed by atoms with van der Waals surface area (Å²) in [6.45, 7) is 8.62. The Morgan fingerprint density at radius 3 is 1.74 bits per heavy atom. The topological polar surface area (TPSA) is 52.6 Å². The van der Waals surface area contributed by atoms with E-state index in [1.807, 2.05) is 0 Å². The molecule has 0 aromatic heterocycles. The molecule has 2 aliphatic rings. The van der Waals surface area contributed by atoms with Gasteiger partial charge in [-0.1, -0.05) is 84.1 Å². The first-order chi connectivity index (χ1) is 17.0. The molecule has 0 amide bonds. The largest absolute Gasteiger partial charge is 0.465 e. The van der Waals surface area contributed by atoms with Gasteiger partial charge in [0.2, 0.25) is 0 Å². The van der Waals surface area contributed by atoms with E-state index in [1.165, 1.54) is 77.0 Å². The molecule has 202 valence electrons. The van der Waals surface area contributed by atoms with Crippen LogP contribution in [0, 0.1) is 23.7 Å². The van der Waals surface area contributed by atoms with Crippen LogP contribution in [0.3, 0.4) is 0 Å². The summed E-state index contributed by atoms with van der Waals surface area (Å²) >= 11 is 0. The normalized spacial score (nSPS) is 24.6. The third-order valence-corrected chi connectivity index (χ3v) is 8.49. The third-order valence-electron chi connectivity index (χ3n) is 8.49. The molecule has 0 atom stereocenters. The minimum Gasteiger partial charge on any atom is -0.465 e. The molecule has 0 N–H and O–H groups in total. The fourth-order valence-corrected chi connectivity index (χ4v) is 6.12. The standard InChI is InChI=1S/C31H54O4/c1-4-5-11-14-26-15-17-27(18-16-26)28-19-21-29(22-20-28)31(33)35-24-13-10-8-6-7-9-12-23-34-30(32)25(2)3/h26-29H,2,4-24H2,1,3H3. The van der Waals surface area contributed by atoms with Gasteiger partial charge in [-0.25, -0.2) is 4.79 Å². The molecule has 0 aromatic carbocycles. The molecule has 0 bridgehead atoms. The molecule has 4 nitrogen and oxygen atoms in total. The van der Waals surface area contributed by atoms with E-state index in [-0.39, 0.29) is 17.9 Å². The van der Waals surface area contributed by atoms with Crippen molar-refractivity contribution in [2.24, 2.45) is 23.7 Å². The number of carbonyl (C=O) groups excluding carboxylic acids is 2. The average Bonchev–Trinajstić information content (AvgIpc) is 2.87. The van der Waals surface area contributed by atoms with Gasteiger partial charge in [-0.2, -0.15) is 0 Å². The predicted molar refractivity (Wildman–Crippen MR) is 144 cm³/mol. The van der Waals surface area contributed by atoms with E-state index in [0.717, 1.165) is 62.7 Å². The van der Waals surface area contributed by atoms with Crippen molar-refractivity contribution in [2.75, 3.05) is 13.2 Å². The smallest absolute Gasteiger partial charge is 0.333 e. The summed E-state index contributed by atoms with van der Waals surface area (Å²) in [5, 5.41) is 0. The third kappa shape index (κ3) is 12.5. The zero-order valence-corrected chi connectivity index (χ0v) is 23.0. The van der Waals surface area contributed by atoms with Crippen molar-refractivity contribution in [1.82, 2.24) is 0 Å². The van der Waals surface area contributed by atoms with Crippen molar-refractivity contribution in [3.63, 3.8) is 0 Å². The monoisotopic (exact) mass is 490 g/mol. The number of hydrogen-bond acceptors (Lipinski definition) is 4. The molecule has 0 aliphatic heterocycles. The van der Waals surface area contributed by atoms with E-state index < -0.39 is 0 Å². The summed E-state index contributed by atoms with van der Waals surface area (Å²) in [5.74, 6) is 2.68. The van der Waals surface area contributed by atoms with Crippen molar-refractivity contribution < 1.29 is 19.1 Å². The summed E-state index contributed by atoms with van der Waals surface area (Å²) < 4.78 is 10.7. The number of esters is 2. The maximum atomic E-state index is 12.5. The Kier molecular flexibility index (Phi) is 15.4. The van der Waals surface area contributed by atoms with Gasteiger partial charge in [0.05, 0.1) is 19.1 Å². The van der Waals surface area contributed by atoms with Gasteiger partial charge < -0.3 is 9.47 Å². The summed E-state index contributed by atoms with van der Waals surface area (Å²) in [7, 11) is 0. The van der Waals surface area contributed by atoms with Gasteiger partial charge in [-0.15, -0.1) is 0 Å². The molecule has 0 unspecified atom stereocenters. The number of unbranched alkanes of at least 4 members (excludes halogenated alkanes) is 8. The van der Waals surface area contributed by atoms with Crippen LogP contribution in [0.25, 0.3) is 0 Å². The Balaban J connectivity index is 1.42. The van der Waals surface area contributed by atoms with Gasteiger partial charge in [0.15, 0.2) is 0 Å². The van der Waals surface area contributed by atoms with E-state index in [1.54, 1.807) is 6.92 Å². The molecule has 2 rings (SSSR count). The fraction of sp³-hybridized carbons (Fsp3) is 0.871. The molecule has 2 saturated carbocycles. The van der Waals surface area contributed by atoms with E-state index in [9.17, 15) is 9.59 Å². The number of ether oxygens (including phenoxy) is 2. The summed E-state index contributed by atoms with van der Waals surface area (Å²) in [6.07, 6.45) is 23.5. The van der Waals surface area contributed by atoms with Gasteiger partial charge in [-0.05, 0) is 76.0 Å². The number of hydrogen-bond donors (Lipinski definition) is 0. The van der Waals surface area contributed by atoms with Crippen LogP contribution in [-0.4, -0.2) is 25.2 Å². The van der Waals surface area contributed by atoms with Crippen LogP contribution in [0.15, 0.2) is 12.2 Å². The summed E-state index contributed by atoms with van der Waals surface area (Å²) in [5.41, 5.74) is 0.462. The number of rotatable bonds is 17. The van der Waals surface area contributed by atoms with Crippen molar-refractivity contribution >= 4 is 11.9 Å². The average molecular weight is 491 g/mol. The Morgan fingerprint density at radius 1 is 0.686 bits per heavy atom. The second kappa shape index (κ2) is 18.0. The van der Waals surface area contributed by atoms with Gasteiger partial charge in [0.1, 0.15) is 0 Å². The Bertz CT molecular complexity index is 597. The van der Waals surface area contributed by atoms with Crippen LogP contribution in [-0.2, 0) is 19.1 Å². The molecule has 0 aromatic rings.